The Morgan fingerprint density at radius 3 is 2.71 bits per heavy atom. The standard InChI is InChI=1S/C10H13F3N2O2/c1-15-8(9(16)17)6-4-5(10(11,12)13)2-3-7(6)14-15/h5,8,14H,2-4H2,1H3,(H,16,17)/p-1. The molecule has 2 unspecified atom stereocenters. The van der Waals surface area contributed by atoms with Crippen molar-refractivity contribution >= 4 is 5.97 Å². The van der Waals surface area contributed by atoms with Crippen LogP contribution >= 0.6 is 0 Å². The molecule has 0 radical (unpaired) electrons. The van der Waals surface area contributed by atoms with Gasteiger partial charge in [0.2, 0.25) is 0 Å². The minimum absolute atomic E-state index is 0.00292. The van der Waals surface area contributed by atoms with Gasteiger partial charge in [0.05, 0.1) is 17.9 Å². The first kappa shape index (κ1) is 12.2. The van der Waals surface area contributed by atoms with E-state index in [0.29, 0.717) is 11.3 Å². The third kappa shape index (κ3) is 2.11. The van der Waals surface area contributed by atoms with Crippen LogP contribution in [-0.4, -0.2) is 30.2 Å². The summed E-state index contributed by atoms with van der Waals surface area (Å²) in [5, 5.41) is 12.2. The van der Waals surface area contributed by atoms with Gasteiger partial charge in [0.1, 0.15) is 0 Å². The van der Waals surface area contributed by atoms with E-state index in [1.165, 1.54) is 12.1 Å². The predicted molar refractivity (Wildman–Crippen MR) is 50.1 cm³/mol. The third-order valence-electron chi connectivity index (χ3n) is 3.31. The average Bonchev–Trinajstić information content (AvgIpc) is 2.50. The third-order valence-corrected chi connectivity index (χ3v) is 3.31. The summed E-state index contributed by atoms with van der Waals surface area (Å²) < 4.78 is 37.8. The Labute approximate surface area is 96.1 Å². The molecule has 0 aromatic heterocycles. The zero-order chi connectivity index (χ0) is 12.8. The number of likely N-dealkylation sites (N-methyl/N-ethyl adjacent to an activating group) is 1. The number of nitrogens with one attached hydrogen (secondary N) is 1. The number of hydrazine groups is 1. The van der Waals surface area contributed by atoms with Crippen LogP contribution in [0.1, 0.15) is 19.3 Å². The molecular formula is C10H12F3N2O2-. The summed E-state index contributed by atoms with van der Waals surface area (Å²) in [6.07, 6.45) is -4.29. The molecule has 1 N–H and O–H groups in total. The second-order valence-corrected chi connectivity index (χ2v) is 4.43. The molecule has 96 valence electrons. The molecule has 4 nitrogen and oxygen atoms in total. The fourth-order valence-electron chi connectivity index (χ4n) is 2.47. The highest BCUT2D eigenvalue weighted by Gasteiger charge is 2.45. The Balaban J connectivity index is 2.22. The van der Waals surface area contributed by atoms with Crippen LogP contribution in [0.25, 0.3) is 0 Å². The lowest BCUT2D eigenvalue weighted by atomic mass is 9.84. The number of alkyl halides is 3. The largest absolute Gasteiger partial charge is 0.548 e. The van der Waals surface area contributed by atoms with Crippen LogP contribution in [0.15, 0.2) is 11.3 Å². The SMILES string of the molecule is CN1NC2=C(CC(C(F)(F)F)CC2)C1C(=O)[O-]. The number of carboxylic acid groups (broad SMARTS) is 1. The van der Waals surface area contributed by atoms with E-state index in [9.17, 15) is 23.1 Å². The van der Waals surface area contributed by atoms with Gasteiger partial charge >= 0.3 is 6.18 Å². The van der Waals surface area contributed by atoms with Crippen molar-refractivity contribution in [1.29, 1.82) is 0 Å². The molecule has 2 aliphatic rings. The summed E-state index contributed by atoms with van der Waals surface area (Å²) >= 11 is 0. The second-order valence-electron chi connectivity index (χ2n) is 4.43. The molecule has 0 aromatic carbocycles. The van der Waals surface area contributed by atoms with Gasteiger partial charge in [0.25, 0.3) is 0 Å². The van der Waals surface area contributed by atoms with Crippen LogP contribution in [0.3, 0.4) is 0 Å². The maximum absolute atomic E-state index is 12.6. The van der Waals surface area contributed by atoms with Crippen molar-refractivity contribution in [3.8, 4) is 0 Å². The van der Waals surface area contributed by atoms with Crippen LogP contribution in [-0.2, 0) is 4.79 Å². The summed E-state index contributed by atoms with van der Waals surface area (Å²) in [7, 11) is 1.49. The van der Waals surface area contributed by atoms with Gasteiger partial charge in [-0.2, -0.15) is 13.2 Å². The van der Waals surface area contributed by atoms with Crippen molar-refractivity contribution in [2.45, 2.75) is 31.5 Å². The van der Waals surface area contributed by atoms with Gasteiger partial charge in [-0.25, -0.2) is 5.01 Å². The maximum atomic E-state index is 12.6. The summed E-state index contributed by atoms with van der Waals surface area (Å²) in [6.45, 7) is 0. The molecule has 0 fully saturated rings. The molecule has 0 saturated carbocycles. The fourth-order valence-corrected chi connectivity index (χ4v) is 2.47. The second kappa shape index (κ2) is 3.90. The summed E-state index contributed by atoms with van der Waals surface area (Å²) in [5.74, 6) is -2.82. The minimum atomic E-state index is -4.27. The number of carbonyl (C=O) groups is 1. The van der Waals surface area contributed by atoms with Crippen molar-refractivity contribution < 1.29 is 23.1 Å². The molecule has 0 aromatic rings. The highest BCUT2D eigenvalue weighted by molar-refractivity contribution is 5.76. The minimum Gasteiger partial charge on any atom is -0.548 e. The molecular weight excluding hydrogens is 237 g/mol. The molecule has 0 amide bonds. The highest BCUT2D eigenvalue weighted by atomic mass is 19.4. The number of allylic oxidation sites excluding steroid dienone is 1. The van der Waals surface area contributed by atoms with Gasteiger partial charge in [0, 0.05) is 12.7 Å². The zero-order valence-electron chi connectivity index (χ0n) is 9.17. The van der Waals surface area contributed by atoms with Crippen molar-refractivity contribution in [3.05, 3.63) is 11.3 Å². The molecule has 0 saturated heterocycles. The van der Waals surface area contributed by atoms with E-state index in [1.54, 1.807) is 0 Å². The highest BCUT2D eigenvalue weighted by Crippen LogP contribution is 2.42. The molecule has 0 spiro atoms. The summed E-state index contributed by atoms with van der Waals surface area (Å²) in [5.41, 5.74) is 3.69. The first-order valence-electron chi connectivity index (χ1n) is 5.29. The Hall–Kier alpha value is -1.24. The van der Waals surface area contributed by atoms with Gasteiger partial charge in [-0.15, -0.1) is 0 Å². The van der Waals surface area contributed by atoms with Crippen LogP contribution in [0.4, 0.5) is 13.2 Å². The Kier molecular flexibility index (Phi) is 2.81. The Morgan fingerprint density at radius 1 is 1.53 bits per heavy atom. The van der Waals surface area contributed by atoms with Gasteiger partial charge in [0.15, 0.2) is 0 Å². The first-order chi connectivity index (χ1) is 7.80. The van der Waals surface area contributed by atoms with Crippen molar-refractivity contribution in [3.63, 3.8) is 0 Å². The fraction of sp³-hybridized carbons (Fsp3) is 0.700. The van der Waals surface area contributed by atoms with E-state index < -0.39 is 24.1 Å². The van der Waals surface area contributed by atoms with E-state index in [0.717, 1.165) is 0 Å². The van der Waals surface area contributed by atoms with Crippen LogP contribution in [0.5, 0.6) is 0 Å². The molecule has 0 bridgehead atoms. The van der Waals surface area contributed by atoms with Crippen molar-refractivity contribution in [2.24, 2.45) is 5.92 Å². The topological polar surface area (TPSA) is 55.4 Å². The van der Waals surface area contributed by atoms with Crippen LogP contribution in [0, 0.1) is 5.92 Å². The first-order valence-corrected chi connectivity index (χ1v) is 5.29. The summed E-state index contributed by atoms with van der Waals surface area (Å²) in [4.78, 5) is 10.9. The van der Waals surface area contributed by atoms with Gasteiger partial charge < -0.3 is 15.3 Å². The molecule has 2 rings (SSSR count). The van der Waals surface area contributed by atoms with Crippen LogP contribution < -0.4 is 10.5 Å². The molecule has 7 heteroatoms. The number of rotatable bonds is 1. The lowest BCUT2D eigenvalue weighted by Gasteiger charge is -2.27. The smallest absolute Gasteiger partial charge is 0.392 e. The maximum Gasteiger partial charge on any atom is 0.392 e. The number of carboxylic acids is 1. The van der Waals surface area contributed by atoms with Gasteiger partial charge in [-0.1, -0.05) is 0 Å². The normalized spacial score (nSPS) is 30.1. The molecule has 1 aliphatic heterocycles. The van der Waals surface area contributed by atoms with E-state index in [4.69, 9.17) is 0 Å². The lowest BCUT2D eigenvalue weighted by molar-refractivity contribution is -0.310. The van der Waals surface area contributed by atoms with Gasteiger partial charge in [-0.05, 0) is 24.8 Å². The molecule has 1 aliphatic carbocycles. The number of hydrogen-bond acceptors (Lipinski definition) is 4. The van der Waals surface area contributed by atoms with Gasteiger partial charge in [-0.3, -0.25) is 0 Å². The van der Waals surface area contributed by atoms with Crippen molar-refractivity contribution in [2.75, 3.05) is 7.05 Å². The number of halogens is 3. The number of hydrogen-bond donors (Lipinski definition) is 1. The van der Waals surface area contributed by atoms with E-state index in [2.05, 4.69) is 5.43 Å². The number of carbonyl (C=O) groups excluding carboxylic acids is 1. The van der Waals surface area contributed by atoms with E-state index in [-0.39, 0.29) is 19.3 Å². The Morgan fingerprint density at radius 2 is 2.18 bits per heavy atom. The monoisotopic (exact) mass is 249 g/mol. The zero-order valence-corrected chi connectivity index (χ0v) is 9.17. The summed E-state index contributed by atoms with van der Waals surface area (Å²) in [6, 6.07) is -1.09. The van der Waals surface area contributed by atoms with Crippen LogP contribution in [0.2, 0.25) is 0 Å². The molecule has 2 atom stereocenters. The van der Waals surface area contributed by atoms with Crippen molar-refractivity contribution in [1.82, 2.24) is 10.4 Å². The lowest BCUT2D eigenvalue weighted by Crippen LogP contribution is -2.47. The Bertz CT molecular complexity index is 378. The van der Waals surface area contributed by atoms with E-state index >= 15 is 0 Å². The number of nitrogens with zero attached hydrogens (tertiary/aromatic N) is 1. The molecule has 1 heterocycles. The van der Waals surface area contributed by atoms with E-state index in [1.807, 2.05) is 0 Å². The predicted octanol–water partition coefficient (Wildman–Crippen LogP) is 0.171. The quantitative estimate of drug-likeness (QED) is 0.720. The molecule has 17 heavy (non-hydrogen) atoms. The average molecular weight is 249 g/mol. The number of aliphatic carboxylic acids is 1.